The van der Waals surface area contributed by atoms with Crippen molar-refractivity contribution in [3.8, 4) is 0 Å². The summed E-state index contributed by atoms with van der Waals surface area (Å²) in [6.07, 6.45) is 3.58. The second kappa shape index (κ2) is 12.4. The Hall–Kier alpha value is -1.10. The van der Waals surface area contributed by atoms with Crippen LogP contribution in [0.25, 0.3) is 0 Å². The minimum Gasteiger partial charge on any atom is -0.481 e. The largest absolute Gasteiger partial charge is 0.481 e. The third-order valence-electron chi connectivity index (χ3n) is 2.50. The monoisotopic (exact) mass is 261 g/mol. The molecule has 5 heteroatoms. The van der Waals surface area contributed by atoms with E-state index in [1.165, 1.54) is 0 Å². The zero-order valence-electron chi connectivity index (χ0n) is 11.9. The topological polar surface area (TPSA) is 86.6 Å². The number of carboxylic acid groups (broad SMARTS) is 2. The summed E-state index contributed by atoms with van der Waals surface area (Å²) in [7, 11) is 0. The first-order valence-corrected chi connectivity index (χ1v) is 6.59. The molecule has 0 radical (unpaired) electrons. The van der Waals surface area contributed by atoms with Gasteiger partial charge in [0.15, 0.2) is 0 Å². The first-order valence-electron chi connectivity index (χ1n) is 6.59. The SMILES string of the molecule is CCCC(CCC)C(=O)O.CCNC(C)C(=O)O. The molecule has 0 aliphatic rings. The molecule has 0 bridgehead atoms. The molecule has 5 nitrogen and oxygen atoms in total. The molecule has 0 aromatic heterocycles. The number of nitrogens with one attached hydrogen (secondary N) is 1. The first-order chi connectivity index (χ1) is 8.40. The highest BCUT2D eigenvalue weighted by molar-refractivity contribution is 5.72. The molecule has 0 rings (SSSR count). The van der Waals surface area contributed by atoms with E-state index < -0.39 is 18.0 Å². The summed E-state index contributed by atoms with van der Waals surface area (Å²) < 4.78 is 0. The number of hydrogen-bond donors (Lipinski definition) is 3. The lowest BCUT2D eigenvalue weighted by atomic mass is 9.99. The number of aliphatic carboxylic acids is 2. The van der Waals surface area contributed by atoms with Gasteiger partial charge in [-0.2, -0.15) is 0 Å². The van der Waals surface area contributed by atoms with Crippen molar-refractivity contribution < 1.29 is 19.8 Å². The maximum Gasteiger partial charge on any atom is 0.320 e. The van der Waals surface area contributed by atoms with Crippen LogP contribution in [0.4, 0.5) is 0 Å². The van der Waals surface area contributed by atoms with Crippen molar-refractivity contribution in [2.24, 2.45) is 5.92 Å². The summed E-state index contributed by atoms with van der Waals surface area (Å²) in [5.74, 6) is -1.54. The normalized spacial score (nSPS) is 11.6. The molecule has 18 heavy (non-hydrogen) atoms. The van der Waals surface area contributed by atoms with Gasteiger partial charge in [-0.05, 0) is 26.3 Å². The van der Waals surface area contributed by atoms with Gasteiger partial charge in [-0.1, -0.05) is 33.6 Å². The van der Waals surface area contributed by atoms with E-state index in [4.69, 9.17) is 10.2 Å². The summed E-state index contributed by atoms with van der Waals surface area (Å²) in [5.41, 5.74) is 0. The van der Waals surface area contributed by atoms with Crippen LogP contribution in [0.3, 0.4) is 0 Å². The zero-order chi connectivity index (χ0) is 14.6. The summed E-state index contributed by atoms with van der Waals surface area (Å²) in [6, 6.07) is -0.417. The lowest BCUT2D eigenvalue weighted by Crippen LogP contribution is -2.33. The van der Waals surface area contributed by atoms with Crippen molar-refractivity contribution in [3.63, 3.8) is 0 Å². The van der Waals surface area contributed by atoms with Crippen molar-refractivity contribution in [3.05, 3.63) is 0 Å². The molecule has 0 fully saturated rings. The van der Waals surface area contributed by atoms with Gasteiger partial charge in [-0.15, -0.1) is 0 Å². The van der Waals surface area contributed by atoms with Gasteiger partial charge < -0.3 is 15.5 Å². The Morgan fingerprint density at radius 2 is 1.44 bits per heavy atom. The van der Waals surface area contributed by atoms with Crippen molar-refractivity contribution in [1.29, 1.82) is 0 Å². The van der Waals surface area contributed by atoms with Gasteiger partial charge in [0.05, 0.1) is 5.92 Å². The maximum absolute atomic E-state index is 10.5. The van der Waals surface area contributed by atoms with Crippen molar-refractivity contribution >= 4 is 11.9 Å². The van der Waals surface area contributed by atoms with E-state index in [1.54, 1.807) is 6.92 Å². The minimum atomic E-state index is -0.799. The van der Waals surface area contributed by atoms with E-state index in [9.17, 15) is 9.59 Å². The van der Waals surface area contributed by atoms with Crippen molar-refractivity contribution in [2.75, 3.05) is 6.54 Å². The molecule has 0 aliphatic heterocycles. The summed E-state index contributed by atoms with van der Waals surface area (Å²) >= 11 is 0. The molecule has 108 valence electrons. The van der Waals surface area contributed by atoms with E-state index in [0.29, 0.717) is 6.54 Å². The van der Waals surface area contributed by atoms with Crippen LogP contribution in [0.5, 0.6) is 0 Å². The lowest BCUT2D eigenvalue weighted by molar-refractivity contribution is -0.142. The van der Waals surface area contributed by atoms with Gasteiger partial charge in [0.25, 0.3) is 0 Å². The fraction of sp³-hybridized carbons (Fsp3) is 0.846. The molecular formula is C13H27NO4. The highest BCUT2D eigenvalue weighted by atomic mass is 16.4. The zero-order valence-corrected chi connectivity index (χ0v) is 11.9. The van der Waals surface area contributed by atoms with Crippen LogP contribution in [0.2, 0.25) is 0 Å². The molecule has 0 aromatic rings. The van der Waals surface area contributed by atoms with Gasteiger partial charge in [0.2, 0.25) is 0 Å². The summed E-state index contributed by atoms with van der Waals surface area (Å²) in [5, 5.41) is 19.6. The molecule has 0 amide bonds. The number of hydrogen-bond acceptors (Lipinski definition) is 3. The molecule has 0 aromatic carbocycles. The van der Waals surface area contributed by atoms with Gasteiger partial charge in [-0.25, -0.2) is 0 Å². The lowest BCUT2D eigenvalue weighted by Gasteiger charge is -2.07. The second-order valence-electron chi connectivity index (χ2n) is 4.23. The summed E-state index contributed by atoms with van der Waals surface area (Å²) in [6.45, 7) is 8.23. The van der Waals surface area contributed by atoms with Gasteiger partial charge in [0.1, 0.15) is 6.04 Å². The van der Waals surface area contributed by atoms with Crippen molar-refractivity contribution in [1.82, 2.24) is 5.32 Å². The summed E-state index contributed by atoms with van der Waals surface area (Å²) in [4.78, 5) is 20.5. The highest BCUT2D eigenvalue weighted by Crippen LogP contribution is 2.12. The average Bonchev–Trinajstić information content (AvgIpc) is 2.29. The Labute approximate surface area is 110 Å². The Morgan fingerprint density at radius 3 is 1.61 bits per heavy atom. The number of likely N-dealkylation sites (N-methyl/N-ethyl adjacent to an activating group) is 1. The van der Waals surface area contributed by atoms with Crippen LogP contribution in [-0.4, -0.2) is 34.7 Å². The van der Waals surface area contributed by atoms with E-state index in [1.807, 2.05) is 20.8 Å². The molecule has 0 saturated heterocycles. The quantitative estimate of drug-likeness (QED) is 0.624. The van der Waals surface area contributed by atoms with Gasteiger partial charge >= 0.3 is 11.9 Å². The van der Waals surface area contributed by atoms with E-state index in [-0.39, 0.29) is 5.92 Å². The Morgan fingerprint density at radius 1 is 1.00 bits per heavy atom. The van der Waals surface area contributed by atoms with Crippen LogP contribution >= 0.6 is 0 Å². The smallest absolute Gasteiger partial charge is 0.320 e. The number of carboxylic acids is 2. The van der Waals surface area contributed by atoms with Gasteiger partial charge in [0, 0.05) is 0 Å². The fourth-order valence-corrected chi connectivity index (χ4v) is 1.48. The third kappa shape index (κ3) is 11.4. The molecule has 0 saturated carbocycles. The fourth-order valence-electron chi connectivity index (χ4n) is 1.48. The van der Waals surface area contributed by atoms with Crippen LogP contribution in [0.15, 0.2) is 0 Å². The predicted octanol–water partition coefficient (Wildman–Crippen LogP) is 2.36. The van der Waals surface area contributed by atoms with E-state index in [2.05, 4.69) is 5.32 Å². The van der Waals surface area contributed by atoms with E-state index >= 15 is 0 Å². The Balaban J connectivity index is 0. The maximum atomic E-state index is 10.5. The molecule has 0 aliphatic carbocycles. The Bertz CT molecular complexity index is 225. The van der Waals surface area contributed by atoms with E-state index in [0.717, 1.165) is 25.7 Å². The number of carbonyl (C=O) groups is 2. The molecular weight excluding hydrogens is 234 g/mol. The van der Waals surface area contributed by atoms with Crippen LogP contribution in [-0.2, 0) is 9.59 Å². The Kier molecular flexibility index (Phi) is 13.2. The molecule has 0 spiro atoms. The van der Waals surface area contributed by atoms with Crippen LogP contribution < -0.4 is 5.32 Å². The third-order valence-corrected chi connectivity index (χ3v) is 2.50. The van der Waals surface area contributed by atoms with Gasteiger partial charge in [-0.3, -0.25) is 9.59 Å². The predicted molar refractivity (Wildman–Crippen MR) is 71.7 cm³/mol. The highest BCUT2D eigenvalue weighted by Gasteiger charge is 2.13. The minimum absolute atomic E-state index is 0.102. The second-order valence-corrected chi connectivity index (χ2v) is 4.23. The molecule has 1 atom stereocenters. The average molecular weight is 261 g/mol. The molecule has 3 N–H and O–H groups in total. The standard InChI is InChI=1S/C8H16O2.C5H11NO2/c1-3-5-7(6-4-2)8(9)10;1-3-6-4(2)5(7)8/h7H,3-6H2,1-2H3,(H,9,10);4,6H,3H2,1-2H3,(H,7,8). The van der Waals surface area contributed by atoms with Crippen LogP contribution in [0.1, 0.15) is 53.4 Å². The van der Waals surface area contributed by atoms with Crippen molar-refractivity contribution in [2.45, 2.75) is 59.4 Å². The molecule has 1 unspecified atom stereocenters. The molecule has 0 heterocycles. The first kappa shape index (κ1) is 19.2. The van der Waals surface area contributed by atoms with Crippen LogP contribution in [0, 0.1) is 5.92 Å². The number of rotatable bonds is 8.